The average Bonchev–Trinajstić information content (AvgIpc) is 3.02. The van der Waals surface area contributed by atoms with Crippen LogP contribution in [0.25, 0.3) is 0 Å². The van der Waals surface area contributed by atoms with Gasteiger partial charge in [-0.15, -0.1) is 0 Å². The van der Waals surface area contributed by atoms with Gasteiger partial charge in [-0.25, -0.2) is 18.2 Å². The number of hydrogen-bond acceptors (Lipinski definition) is 1. The average molecular weight is 214 g/mol. The third-order valence-electron chi connectivity index (χ3n) is 2.26. The van der Waals surface area contributed by atoms with Crippen molar-refractivity contribution < 1.29 is 13.2 Å². The molecule has 2 rings (SSSR count). The summed E-state index contributed by atoms with van der Waals surface area (Å²) in [4.78, 5) is 3.74. The van der Waals surface area contributed by atoms with Gasteiger partial charge < -0.3 is 5.73 Å². The molecule has 0 unspecified atom stereocenters. The van der Waals surface area contributed by atoms with Gasteiger partial charge in [0.05, 0.1) is 0 Å². The highest BCUT2D eigenvalue weighted by atomic mass is 19.2. The van der Waals surface area contributed by atoms with Gasteiger partial charge in [-0.3, -0.25) is 0 Å². The number of nitrogens with two attached hydrogens (primary N) is 1. The summed E-state index contributed by atoms with van der Waals surface area (Å²) < 4.78 is 38.5. The molecule has 15 heavy (non-hydrogen) atoms. The van der Waals surface area contributed by atoms with Crippen LogP contribution in [0.2, 0.25) is 0 Å². The van der Waals surface area contributed by atoms with Crippen molar-refractivity contribution in [1.29, 1.82) is 0 Å². The molecule has 0 bridgehead atoms. The largest absolute Gasteiger partial charge is 0.387 e. The summed E-state index contributed by atoms with van der Waals surface area (Å²) in [5, 5.41) is 0. The van der Waals surface area contributed by atoms with Crippen LogP contribution >= 0.6 is 0 Å². The first-order valence-corrected chi connectivity index (χ1v) is 4.57. The van der Waals surface area contributed by atoms with Crippen LogP contribution in [0.15, 0.2) is 17.1 Å². The standard InChI is InChI=1S/C10H9F3N2/c11-6-3-4-7(9(13)8(6)12)15-10(14)5-1-2-5/h3-5H,1-2H2,(H2,14,15). The summed E-state index contributed by atoms with van der Waals surface area (Å²) in [6, 6.07) is 1.90. The summed E-state index contributed by atoms with van der Waals surface area (Å²) in [5.41, 5.74) is 5.28. The minimum absolute atomic E-state index is 0.164. The Hall–Kier alpha value is -1.52. The highest BCUT2D eigenvalue weighted by molar-refractivity contribution is 5.87. The Balaban J connectivity index is 2.36. The third kappa shape index (κ3) is 1.95. The Morgan fingerprint density at radius 1 is 1.20 bits per heavy atom. The molecule has 0 saturated heterocycles. The Labute approximate surface area is 84.6 Å². The van der Waals surface area contributed by atoms with E-state index >= 15 is 0 Å². The van der Waals surface area contributed by atoms with E-state index in [9.17, 15) is 13.2 Å². The maximum absolute atomic E-state index is 13.1. The molecule has 1 aliphatic carbocycles. The first-order valence-electron chi connectivity index (χ1n) is 4.57. The zero-order chi connectivity index (χ0) is 11.0. The monoisotopic (exact) mass is 214 g/mol. The maximum Gasteiger partial charge on any atom is 0.196 e. The molecule has 0 aliphatic heterocycles. The topological polar surface area (TPSA) is 38.4 Å². The minimum atomic E-state index is -1.51. The second kappa shape index (κ2) is 3.56. The van der Waals surface area contributed by atoms with Crippen LogP contribution in [0.4, 0.5) is 18.9 Å². The van der Waals surface area contributed by atoms with Gasteiger partial charge in [0.1, 0.15) is 11.5 Å². The van der Waals surface area contributed by atoms with E-state index in [4.69, 9.17) is 5.73 Å². The normalized spacial score (nSPS) is 16.9. The number of halogens is 3. The molecule has 2 nitrogen and oxygen atoms in total. The molecule has 1 fully saturated rings. The van der Waals surface area contributed by atoms with Crippen molar-refractivity contribution in [3.05, 3.63) is 29.6 Å². The van der Waals surface area contributed by atoms with E-state index in [1.54, 1.807) is 0 Å². The van der Waals surface area contributed by atoms with E-state index in [-0.39, 0.29) is 17.4 Å². The maximum atomic E-state index is 13.1. The lowest BCUT2D eigenvalue weighted by atomic mass is 10.3. The lowest BCUT2D eigenvalue weighted by molar-refractivity contribution is 0.448. The van der Waals surface area contributed by atoms with Crippen LogP contribution in [0.3, 0.4) is 0 Å². The molecule has 0 radical (unpaired) electrons. The Bertz CT molecular complexity index is 425. The van der Waals surface area contributed by atoms with Crippen LogP contribution < -0.4 is 5.73 Å². The Kier molecular flexibility index (Phi) is 2.38. The van der Waals surface area contributed by atoms with E-state index in [1.165, 1.54) is 0 Å². The molecule has 5 heteroatoms. The van der Waals surface area contributed by atoms with Crippen molar-refractivity contribution in [1.82, 2.24) is 0 Å². The number of amidine groups is 1. The van der Waals surface area contributed by atoms with Gasteiger partial charge >= 0.3 is 0 Å². The molecular formula is C10H9F3N2. The number of hydrogen-bond donors (Lipinski definition) is 1. The molecule has 1 aromatic carbocycles. The van der Waals surface area contributed by atoms with Gasteiger partial charge in [0.2, 0.25) is 0 Å². The summed E-state index contributed by atoms with van der Waals surface area (Å²) in [7, 11) is 0. The van der Waals surface area contributed by atoms with E-state index in [0.717, 1.165) is 25.0 Å². The van der Waals surface area contributed by atoms with E-state index in [1.807, 2.05) is 0 Å². The van der Waals surface area contributed by atoms with Crippen LogP contribution in [0.5, 0.6) is 0 Å². The Morgan fingerprint density at radius 3 is 2.47 bits per heavy atom. The van der Waals surface area contributed by atoms with Crippen LogP contribution in [0.1, 0.15) is 12.8 Å². The van der Waals surface area contributed by atoms with Crippen LogP contribution in [-0.4, -0.2) is 5.84 Å². The number of aliphatic imine (C=N–C) groups is 1. The van der Waals surface area contributed by atoms with Crippen LogP contribution in [0, 0.1) is 23.4 Å². The van der Waals surface area contributed by atoms with Gasteiger partial charge in [0.15, 0.2) is 17.5 Å². The fraction of sp³-hybridized carbons (Fsp3) is 0.300. The second-order valence-corrected chi connectivity index (χ2v) is 3.51. The highest BCUT2D eigenvalue weighted by Gasteiger charge is 2.26. The van der Waals surface area contributed by atoms with E-state index in [0.29, 0.717) is 0 Å². The van der Waals surface area contributed by atoms with E-state index in [2.05, 4.69) is 4.99 Å². The molecule has 80 valence electrons. The van der Waals surface area contributed by atoms with Crippen molar-refractivity contribution in [2.45, 2.75) is 12.8 Å². The molecule has 0 aromatic heterocycles. The van der Waals surface area contributed by atoms with Crippen molar-refractivity contribution in [2.75, 3.05) is 0 Å². The predicted octanol–water partition coefficient (Wildman–Crippen LogP) is 2.50. The molecule has 0 heterocycles. The summed E-state index contributed by atoms with van der Waals surface area (Å²) in [6.07, 6.45) is 1.83. The molecule has 1 saturated carbocycles. The summed E-state index contributed by atoms with van der Waals surface area (Å²) in [5.74, 6) is -3.59. The van der Waals surface area contributed by atoms with E-state index < -0.39 is 17.5 Å². The lowest BCUT2D eigenvalue weighted by Gasteiger charge is -2.01. The first-order chi connectivity index (χ1) is 7.09. The number of benzene rings is 1. The Morgan fingerprint density at radius 2 is 1.87 bits per heavy atom. The zero-order valence-electron chi connectivity index (χ0n) is 7.80. The van der Waals surface area contributed by atoms with Gasteiger partial charge in [-0.2, -0.15) is 0 Å². The lowest BCUT2D eigenvalue weighted by Crippen LogP contribution is -2.13. The molecule has 2 N–H and O–H groups in total. The molecule has 1 aromatic rings. The predicted molar refractivity (Wildman–Crippen MR) is 50.3 cm³/mol. The van der Waals surface area contributed by atoms with Crippen molar-refractivity contribution in [2.24, 2.45) is 16.6 Å². The highest BCUT2D eigenvalue weighted by Crippen LogP contribution is 2.31. The SMILES string of the molecule is NC(=Nc1ccc(F)c(F)c1F)C1CC1. The second-order valence-electron chi connectivity index (χ2n) is 3.51. The molecule has 1 aliphatic rings. The molecule has 0 atom stereocenters. The molecule has 0 amide bonds. The zero-order valence-corrected chi connectivity index (χ0v) is 7.80. The van der Waals surface area contributed by atoms with Crippen molar-refractivity contribution in [3.63, 3.8) is 0 Å². The fourth-order valence-corrected chi connectivity index (χ4v) is 1.21. The smallest absolute Gasteiger partial charge is 0.196 e. The quantitative estimate of drug-likeness (QED) is 0.458. The number of rotatable bonds is 2. The van der Waals surface area contributed by atoms with Crippen molar-refractivity contribution in [3.8, 4) is 0 Å². The van der Waals surface area contributed by atoms with Crippen LogP contribution in [-0.2, 0) is 0 Å². The summed E-state index contributed by atoms with van der Waals surface area (Å²) >= 11 is 0. The minimum Gasteiger partial charge on any atom is -0.387 e. The summed E-state index contributed by atoms with van der Waals surface area (Å²) in [6.45, 7) is 0. The van der Waals surface area contributed by atoms with Gasteiger partial charge in [0, 0.05) is 5.92 Å². The fourth-order valence-electron chi connectivity index (χ4n) is 1.21. The van der Waals surface area contributed by atoms with Gasteiger partial charge in [-0.05, 0) is 25.0 Å². The third-order valence-corrected chi connectivity index (χ3v) is 2.26. The molecular weight excluding hydrogens is 205 g/mol. The number of nitrogens with zero attached hydrogens (tertiary/aromatic N) is 1. The molecule has 0 spiro atoms. The van der Waals surface area contributed by atoms with Crippen molar-refractivity contribution >= 4 is 11.5 Å². The van der Waals surface area contributed by atoms with Gasteiger partial charge in [-0.1, -0.05) is 0 Å². The first kappa shape index (κ1) is 10.0. The van der Waals surface area contributed by atoms with Gasteiger partial charge in [0.25, 0.3) is 0 Å².